The minimum atomic E-state index is -1.19. The normalized spacial score (nSPS) is 23.6. The van der Waals surface area contributed by atoms with Crippen molar-refractivity contribution in [3.63, 3.8) is 0 Å². The first-order valence-corrected chi connectivity index (χ1v) is 9.01. The summed E-state index contributed by atoms with van der Waals surface area (Å²) in [4.78, 5) is 0. The molecule has 21 heavy (non-hydrogen) atoms. The first-order valence-electron chi connectivity index (χ1n) is 7.49. The number of nitrogens with zero attached hydrogens (tertiary/aromatic N) is 1. The van der Waals surface area contributed by atoms with E-state index in [4.69, 9.17) is 11.6 Å². The number of hydrogen-bond donors (Lipinski definition) is 1. The summed E-state index contributed by atoms with van der Waals surface area (Å²) in [5, 5.41) is 0.691. The maximum atomic E-state index is 12.9. The molecule has 2 heterocycles. The van der Waals surface area contributed by atoms with Crippen LogP contribution in [0, 0.1) is 6.92 Å². The van der Waals surface area contributed by atoms with E-state index < -0.39 is 15.7 Å². The van der Waals surface area contributed by atoms with Gasteiger partial charge in [-0.3, -0.25) is 0 Å². The Morgan fingerprint density at radius 2 is 2.10 bits per heavy atom. The number of rotatable bonds is 5. The zero-order chi connectivity index (χ0) is 15.8. The average Bonchev–Trinajstić information content (AvgIpc) is 2.79. The van der Waals surface area contributed by atoms with E-state index in [1.165, 1.54) is 0 Å². The molecule has 118 valence electrons. The second-order valence-corrected chi connectivity index (χ2v) is 8.50. The van der Waals surface area contributed by atoms with Gasteiger partial charge in [0.05, 0.1) is 15.5 Å². The quantitative estimate of drug-likeness (QED) is 0.871. The van der Waals surface area contributed by atoms with Crippen molar-refractivity contribution in [1.29, 1.82) is 0 Å². The molecule has 1 aliphatic rings. The van der Waals surface area contributed by atoms with Gasteiger partial charge in [0, 0.05) is 18.3 Å². The Bertz CT molecular complexity index is 589. The molecule has 0 aromatic carbocycles. The van der Waals surface area contributed by atoms with Crippen LogP contribution in [0.4, 0.5) is 0 Å². The topological polar surface area (TPSA) is 34.0 Å². The van der Waals surface area contributed by atoms with E-state index in [1.54, 1.807) is 0 Å². The van der Waals surface area contributed by atoms with E-state index in [0.717, 1.165) is 24.1 Å². The molecule has 0 bridgehead atoms. The number of aromatic nitrogens is 1. The molecule has 0 saturated heterocycles. The summed E-state index contributed by atoms with van der Waals surface area (Å²) in [7, 11) is -1.19. The molecule has 1 aliphatic heterocycles. The highest BCUT2D eigenvalue weighted by molar-refractivity contribution is 7.84. The lowest BCUT2D eigenvalue weighted by atomic mass is 9.98. The highest BCUT2D eigenvalue weighted by atomic mass is 35.5. The fourth-order valence-corrected chi connectivity index (χ4v) is 4.62. The van der Waals surface area contributed by atoms with E-state index >= 15 is 0 Å². The average molecular weight is 329 g/mol. The number of aryl methyl sites for hydroxylation is 1. The molecule has 0 amide bonds. The van der Waals surface area contributed by atoms with Crippen LogP contribution < -0.4 is 4.72 Å². The van der Waals surface area contributed by atoms with Crippen LogP contribution in [-0.2, 0) is 17.5 Å². The maximum Gasteiger partial charge on any atom is 0.104 e. The Labute approximate surface area is 135 Å². The SMILES string of the molecule is CCC(C)(CC)NS(=O)C1(C)C=C(Cl)c2c(C)ccn2C1. The van der Waals surface area contributed by atoms with Crippen molar-refractivity contribution >= 4 is 27.6 Å². The van der Waals surface area contributed by atoms with Crippen LogP contribution in [0.3, 0.4) is 0 Å². The van der Waals surface area contributed by atoms with E-state index in [9.17, 15) is 4.21 Å². The van der Waals surface area contributed by atoms with Crippen molar-refractivity contribution in [3.8, 4) is 0 Å². The van der Waals surface area contributed by atoms with Gasteiger partial charge in [-0.15, -0.1) is 0 Å². The first-order chi connectivity index (χ1) is 9.74. The van der Waals surface area contributed by atoms with E-state index in [0.29, 0.717) is 11.6 Å². The van der Waals surface area contributed by atoms with Gasteiger partial charge >= 0.3 is 0 Å². The van der Waals surface area contributed by atoms with Gasteiger partial charge in [-0.2, -0.15) is 0 Å². The third kappa shape index (κ3) is 3.13. The molecule has 5 heteroatoms. The summed E-state index contributed by atoms with van der Waals surface area (Å²) < 4.78 is 17.8. The molecule has 1 N–H and O–H groups in total. The Morgan fingerprint density at radius 3 is 2.67 bits per heavy atom. The van der Waals surface area contributed by atoms with Gasteiger partial charge < -0.3 is 4.57 Å². The molecule has 3 nitrogen and oxygen atoms in total. The van der Waals surface area contributed by atoms with Crippen LogP contribution >= 0.6 is 11.6 Å². The summed E-state index contributed by atoms with van der Waals surface area (Å²) in [5.41, 5.74) is 2.09. The summed E-state index contributed by atoms with van der Waals surface area (Å²) >= 11 is 6.44. The van der Waals surface area contributed by atoms with Gasteiger partial charge in [0.2, 0.25) is 0 Å². The lowest BCUT2D eigenvalue weighted by molar-refractivity contribution is 0.393. The molecular formula is C16H25ClN2OS. The van der Waals surface area contributed by atoms with Crippen LogP contribution in [0.1, 0.15) is 51.8 Å². The van der Waals surface area contributed by atoms with Crippen molar-refractivity contribution in [3.05, 3.63) is 29.6 Å². The van der Waals surface area contributed by atoms with E-state index in [-0.39, 0.29) is 5.54 Å². The Kier molecular flexibility index (Phi) is 4.72. The van der Waals surface area contributed by atoms with Gasteiger partial charge in [0.25, 0.3) is 0 Å². The van der Waals surface area contributed by atoms with Crippen molar-refractivity contribution in [1.82, 2.24) is 9.29 Å². The fourth-order valence-electron chi connectivity index (χ4n) is 2.61. The van der Waals surface area contributed by atoms with Gasteiger partial charge in [0.1, 0.15) is 11.0 Å². The van der Waals surface area contributed by atoms with Crippen LogP contribution in [0.2, 0.25) is 0 Å². The summed E-state index contributed by atoms with van der Waals surface area (Å²) in [6.45, 7) is 11.1. The standard InChI is InChI=1S/C16H25ClN2OS/c1-6-15(4,7-2)18-21(20)16(5)10-13(17)14-12(3)8-9-19(14)11-16/h8-10,18H,6-7,11H2,1-5H3. The largest absolute Gasteiger partial charge is 0.345 e. The molecular weight excluding hydrogens is 304 g/mol. The molecule has 0 aliphatic carbocycles. The summed E-state index contributed by atoms with van der Waals surface area (Å²) in [6, 6.07) is 2.05. The van der Waals surface area contributed by atoms with Crippen LogP contribution in [-0.4, -0.2) is 19.1 Å². The smallest absolute Gasteiger partial charge is 0.104 e. The van der Waals surface area contributed by atoms with Crippen molar-refractivity contribution in [2.24, 2.45) is 0 Å². The van der Waals surface area contributed by atoms with Crippen molar-refractivity contribution < 1.29 is 4.21 Å². The molecule has 0 radical (unpaired) electrons. The number of fused-ring (bicyclic) bond motifs is 1. The Morgan fingerprint density at radius 1 is 1.48 bits per heavy atom. The first kappa shape index (κ1) is 16.8. The van der Waals surface area contributed by atoms with Crippen molar-refractivity contribution in [2.45, 2.75) is 64.3 Å². The third-order valence-electron chi connectivity index (χ3n) is 4.63. The summed E-state index contributed by atoms with van der Waals surface area (Å²) in [6.07, 6.45) is 5.85. The fraction of sp³-hybridized carbons (Fsp3) is 0.625. The number of hydrogen-bond acceptors (Lipinski definition) is 1. The lowest BCUT2D eigenvalue weighted by Crippen LogP contribution is -2.51. The third-order valence-corrected chi connectivity index (χ3v) is 6.69. The number of halogens is 1. The minimum absolute atomic E-state index is 0.110. The second-order valence-electron chi connectivity index (χ2n) is 6.42. The molecule has 1 aromatic heterocycles. The molecule has 2 unspecified atom stereocenters. The molecule has 0 saturated carbocycles. The van der Waals surface area contributed by atoms with Crippen LogP contribution in [0.5, 0.6) is 0 Å². The van der Waals surface area contributed by atoms with Gasteiger partial charge in [-0.25, -0.2) is 8.93 Å². The predicted molar refractivity (Wildman–Crippen MR) is 91.7 cm³/mol. The maximum absolute atomic E-state index is 12.9. The predicted octanol–water partition coefficient (Wildman–Crippen LogP) is 3.98. The van der Waals surface area contributed by atoms with Gasteiger partial charge in [0.15, 0.2) is 0 Å². The monoisotopic (exact) mass is 328 g/mol. The van der Waals surface area contributed by atoms with E-state index in [2.05, 4.69) is 36.1 Å². The van der Waals surface area contributed by atoms with Crippen LogP contribution in [0.25, 0.3) is 5.03 Å². The Balaban J connectivity index is 2.29. The van der Waals surface area contributed by atoms with E-state index in [1.807, 2.05) is 26.1 Å². The second kappa shape index (κ2) is 5.90. The molecule has 0 fully saturated rings. The zero-order valence-electron chi connectivity index (χ0n) is 13.5. The highest BCUT2D eigenvalue weighted by Crippen LogP contribution is 2.35. The lowest BCUT2D eigenvalue weighted by Gasteiger charge is -2.36. The zero-order valence-corrected chi connectivity index (χ0v) is 15.1. The molecule has 2 rings (SSSR count). The minimum Gasteiger partial charge on any atom is -0.345 e. The van der Waals surface area contributed by atoms with Crippen LogP contribution in [0.15, 0.2) is 18.3 Å². The number of nitrogens with one attached hydrogen (secondary N) is 1. The molecule has 0 spiro atoms. The van der Waals surface area contributed by atoms with Crippen molar-refractivity contribution in [2.75, 3.05) is 0 Å². The molecule has 2 atom stereocenters. The van der Waals surface area contributed by atoms with Gasteiger partial charge in [-0.1, -0.05) is 25.4 Å². The summed E-state index contributed by atoms with van der Waals surface area (Å²) in [5.74, 6) is 0. The molecule has 1 aromatic rings. The Hall–Kier alpha value is -0.580. The van der Waals surface area contributed by atoms with Gasteiger partial charge in [-0.05, 0) is 51.3 Å². The highest BCUT2D eigenvalue weighted by Gasteiger charge is 2.38.